The maximum Gasteiger partial charge on any atom is 0.323 e. The smallest absolute Gasteiger partial charge is 0.323 e. The van der Waals surface area contributed by atoms with Crippen molar-refractivity contribution in [1.29, 1.82) is 0 Å². The summed E-state index contributed by atoms with van der Waals surface area (Å²) in [5, 5.41) is 8.32. The number of aromatic amines is 2. The molecule has 4 aromatic rings. The van der Waals surface area contributed by atoms with Crippen molar-refractivity contribution in [3.63, 3.8) is 0 Å². The van der Waals surface area contributed by atoms with E-state index in [2.05, 4.69) is 57.9 Å². The molecule has 154 valence electrons. The summed E-state index contributed by atoms with van der Waals surface area (Å²) in [6.45, 7) is 2.34. The third-order valence-corrected chi connectivity index (χ3v) is 5.88. The van der Waals surface area contributed by atoms with E-state index in [9.17, 15) is 9.59 Å². The number of anilines is 1. The van der Waals surface area contributed by atoms with Gasteiger partial charge >= 0.3 is 5.69 Å². The Kier molecular flexibility index (Phi) is 6.11. The number of nitrogens with one attached hydrogen (secondary N) is 4. The summed E-state index contributed by atoms with van der Waals surface area (Å²) in [7, 11) is 0. The van der Waals surface area contributed by atoms with Gasteiger partial charge in [0.2, 0.25) is 5.91 Å². The molecule has 0 aliphatic rings. The maximum absolute atomic E-state index is 12.5. The van der Waals surface area contributed by atoms with Crippen molar-refractivity contribution in [2.75, 3.05) is 11.9 Å². The lowest BCUT2D eigenvalue weighted by Crippen LogP contribution is -2.31. The van der Waals surface area contributed by atoms with Crippen molar-refractivity contribution < 1.29 is 4.79 Å². The summed E-state index contributed by atoms with van der Waals surface area (Å²) in [6, 6.07) is 17.9. The number of aromatic nitrogens is 2. The summed E-state index contributed by atoms with van der Waals surface area (Å²) in [6.07, 6.45) is 2.19. The van der Waals surface area contributed by atoms with E-state index in [1.54, 1.807) is 29.5 Å². The predicted octanol–water partition coefficient (Wildman–Crippen LogP) is 4.19. The quantitative estimate of drug-likeness (QED) is 0.345. The second kappa shape index (κ2) is 9.11. The molecule has 0 aliphatic heterocycles. The Bertz CT molecular complexity index is 1180. The number of fused-ring (bicyclic) bond motifs is 1. The zero-order chi connectivity index (χ0) is 20.9. The molecule has 6 nitrogen and oxygen atoms in total. The Balaban J connectivity index is 1.44. The molecule has 0 saturated carbocycles. The van der Waals surface area contributed by atoms with Gasteiger partial charge in [0.15, 0.2) is 0 Å². The highest BCUT2D eigenvalue weighted by Crippen LogP contribution is 2.26. The average molecular weight is 421 g/mol. The molecule has 1 amide bonds. The first kappa shape index (κ1) is 20.1. The van der Waals surface area contributed by atoms with Gasteiger partial charge in [-0.1, -0.05) is 43.7 Å². The van der Waals surface area contributed by atoms with Crippen LogP contribution in [0.15, 0.2) is 64.8 Å². The van der Waals surface area contributed by atoms with Crippen LogP contribution in [0.5, 0.6) is 0 Å². The minimum Gasteiger partial charge on any atom is -0.325 e. The van der Waals surface area contributed by atoms with Crippen molar-refractivity contribution in [1.82, 2.24) is 15.3 Å². The number of rotatable bonds is 8. The summed E-state index contributed by atoms with van der Waals surface area (Å²) in [5.74, 6) is -0.142. The molecule has 7 heteroatoms. The molecule has 0 radical (unpaired) electrons. The minimum absolute atomic E-state index is 0.0464. The van der Waals surface area contributed by atoms with E-state index in [0.717, 1.165) is 23.3 Å². The van der Waals surface area contributed by atoms with Crippen molar-refractivity contribution in [2.24, 2.45) is 0 Å². The van der Waals surface area contributed by atoms with Crippen molar-refractivity contribution in [3.05, 3.63) is 86.5 Å². The number of aryl methyl sites for hydroxylation is 1. The first-order valence-corrected chi connectivity index (χ1v) is 10.9. The molecule has 0 unspecified atom stereocenters. The van der Waals surface area contributed by atoms with Gasteiger partial charge in [-0.25, -0.2) is 4.79 Å². The molecule has 0 bridgehead atoms. The highest BCUT2D eigenvalue weighted by Gasteiger charge is 2.16. The highest BCUT2D eigenvalue weighted by molar-refractivity contribution is 7.10. The Labute approximate surface area is 178 Å². The number of hydrogen-bond donors (Lipinski definition) is 4. The zero-order valence-electron chi connectivity index (χ0n) is 16.7. The van der Waals surface area contributed by atoms with Crippen LogP contribution in [0.4, 0.5) is 5.69 Å². The summed E-state index contributed by atoms with van der Waals surface area (Å²) in [5.41, 5.74) is 4.20. The first-order valence-electron chi connectivity index (χ1n) is 10.00. The molecule has 1 atom stereocenters. The molecule has 2 aromatic carbocycles. The van der Waals surface area contributed by atoms with E-state index in [4.69, 9.17) is 0 Å². The molecule has 0 spiro atoms. The van der Waals surface area contributed by atoms with Crippen LogP contribution in [0, 0.1) is 0 Å². The van der Waals surface area contributed by atoms with E-state index in [1.165, 1.54) is 5.56 Å². The minimum atomic E-state index is -0.265. The SMILES string of the molecule is CCCc1ccc([C@H](NCC(=O)Nc2ccc3[nH]c(=O)[nH]c3c2)c2cccs2)cc1. The van der Waals surface area contributed by atoms with Crippen LogP contribution in [-0.4, -0.2) is 22.4 Å². The van der Waals surface area contributed by atoms with Crippen LogP contribution in [0.1, 0.15) is 35.4 Å². The van der Waals surface area contributed by atoms with Gasteiger partial charge in [-0.05, 0) is 47.2 Å². The van der Waals surface area contributed by atoms with Gasteiger partial charge in [-0.2, -0.15) is 0 Å². The fourth-order valence-electron chi connectivity index (χ4n) is 3.51. The number of benzene rings is 2. The monoisotopic (exact) mass is 420 g/mol. The highest BCUT2D eigenvalue weighted by atomic mass is 32.1. The third-order valence-electron chi connectivity index (χ3n) is 4.95. The number of amides is 1. The third kappa shape index (κ3) is 4.69. The summed E-state index contributed by atoms with van der Waals surface area (Å²) >= 11 is 1.67. The van der Waals surface area contributed by atoms with Crippen LogP contribution in [0.2, 0.25) is 0 Å². The number of imidazole rings is 1. The summed E-state index contributed by atoms with van der Waals surface area (Å²) < 4.78 is 0. The largest absolute Gasteiger partial charge is 0.325 e. The number of carbonyl (C=O) groups excluding carboxylic acids is 1. The topological polar surface area (TPSA) is 89.8 Å². The van der Waals surface area contributed by atoms with Gasteiger partial charge in [-0.3, -0.25) is 10.1 Å². The van der Waals surface area contributed by atoms with E-state index in [0.29, 0.717) is 16.7 Å². The lowest BCUT2D eigenvalue weighted by atomic mass is 10.0. The van der Waals surface area contributed by atoms with Gasteiger partial charge in [0.25, 0.3) is 0 Å². The predicted molar refractivity (Wildman–Crippen MR) is 122 cm³/mol. The van der Waals surface area contributed by atoms with Gasteiger partial charge in [0, 0.05) is 10.6 Å². The molecule has 30 heavy (non-hydrogen) atoms. The standard InChI is InChI=1S/C23H24N4O2S/c1-2-4-15-6-8-16(9-7-15)22(20-5-3-12-30-20)24-14-21(28)25-17-10-11-18-19(13-17)27-23(29)26-18/h3,5-13,22,24H,2,4,14H2,1H3,(H,25,28)(H2,26,27,29)/t22-/m0/s1. The molecule has 2 heterocycles. The van der Waals surface area contributed by atoms with Crippen LogP contribution in [-0.2, 0) is 11.2 Å². The van der Waals surface area contributed by atoms with Crippen LogP contribution >= 0.6 is 11.3 Å². The van der Waals surface area contributed by atoms with Crippen molar-refractivity contribution >= 4 is 34.0 Å². The Morgan fingerprint density at radius 3 is 2.60 bits per heavy atom. The van der Waals surface area contributed by atoms with E-state index in [-0.39, 0.29) is 24.2 Å². The Morgan fingerprint density at radius 2 is 1.87 bits per heavy atom. The number of hydrogen-bond acceptors (Lipinski definition) is 4. The lowest BCUT2D eigenvalue weighted by molar-refractivity contribution is -0.115. The average Bonchev–Trinajstić information content (AvgIpc) is 3.38. The Hall–Kier alpha value is -3.16. The van der Waals surface area contributed by atoms with Gasteiger partial charge < -0.3 is 15.3 Å². The molecule has 0 saturated heterocycles. The molecule has 4 N–H and O–H groups in total. The zero-order valence-corrected chi connectivity index (χ0v) is 17.5. The second-order valence-electron chi connectivity index (χ2n) is 7.21. The van der Waals surface area contributed by atoms with Crippen LogP contribution in [0.25, 0.3) is 11.0 Å². The fourth-order valence-corrected chi connectivity index (χ4v) is 4.34. The Morgan fingerprint density at radius 1 is 1.07 bits per heavy atom. The van der Waals surface area contributed by atoms with Crippen molar-refractivity contribution in [2.45, 2.75) is 25.8 Å². The molecule has 0 aliphatic carbocycles. The molecular weight excluding hydrogens is 396 g/mol. The molecule has 2 aromatic heterocycles. The first-order chi connectivity index (χ1) is 14.6. The lowest BCUT2D eigenvalue weighted by Gasteiger charge is -2.18. The number of H-pyrrole nitrogens is 2. The van der Waals surface area contributed by atoms with Crippen LogP contribution < -0.4 is 16.3 Å². The molecule has 4 rings (SSSR count). The van der Waals surface area contributed by atoms with Gasteiger partial charge in [0.1, 0.15) is 0 Å². The van der Waals surface area contributed by atoms with Crippen molar-refractivity contribution in [3.8, 4) is 0 Å². The fraction of sp³-hybridized carbons (Fsp3) is 0.217. The molecular formula is C23H24N4O2S. The number of thiophene rings is 1. The second-order valence-corrected chi connectivity index (χ2v) is 8.19. The van der Waals surface area contributed by atoms with E-state index >= 15 is 0 Å². The van der Waals surface area contributed by atoms with E-state index in [1.807, 2.05) is 11.4 Å². The summed E-state index contributed by atoms with van der Waals surface area (Å²) in [4.78, 5) is 30.5. The maximum atomic E-state index is 12.5. The van der Waals surface area contributed by atoms with Gasteiger partial charge in [0.05, 0.1) is 23.6 Å². The van der Waals surface area contributed by atoms with Gasteiger partial charge in [-0.15, -0.1) is 11.3 Å². The molecule has 0 fully saturated rings. The van der Waals surface area contributed by atoms with Crippen LogP contribution in [0.3, 0.4) is 0 Å². The normalized spacial score (nSPS) is 12.2. The van der Waals surface area contributed by atoms with E-state index < -0.39 is 0 Å². The number of carbonyl (C=O) groups is 1.